The zero-order valence-electron chi connectivity index (χ0n) is 14.4. The number of amides is 1. The van der Waals surface area contributed by atoms with Crippen LogP contribution in [0.25, 0.3) is 0 Å². The van der Waals surface area contributed by atoms with Crippen molar-refractivity contribution in [2.75, 3.05) is 4.72 Å². The van der Waals surface area contributed by atoms with Gasteiger partial charge in [-0.2, -0.15) is 0 Å². The Bertz CT molecular complexity index is 885. The number of carbonyl (C=O) groups excluding carboxylic acids is 1. The number of aryl methyl sites for hydroxylation is 2. The van der Waals surface area contributed by atoms with E-state index in [4.69, 9.17) is 0 Å². The topological polar surface area (TPSA) is 75.3 Å². The number of sulfonamides is 1. The van der Waals surface area contributed by atoms with Crippen LogP contribution in [0.3, 0.4) is 0 Å². The number of carbonyl (C=O) groups is 1. The van der Waals surface area contributed by atoms with Gasteiger partial charge < -0.3 is 5.32 Å². The molecule has 0 aromatic heterocycles. The van der Waals surface area contributed by atoms with E-state index < -0.39 is 10.0 Å². The quantitative estimate of drug-likeness (QED) is 0.832. The smallest absolute Gasteiger partial charge is 0.261 e. The molecule has 0 saturated heterocycles. The van der Waals surface area contributed by atoms with E-state index in [1.165, 1.54) is 12.1 Å². The molecule has 6 heteroatoms. The number of benzene rings is 2. The second kappa shape index (κ2) is 6.88. The first kappa shape index (κ1) is 17.5. The molecule has 2 N–H and O–H groups in total. The fraction of sp³-hybridized carbons (Fsp3) is 0.316. The summed E-state index contributed by atoms with van der Waals surface area (Å²) in [6.45, 7) is 3.86. The molecular formula is C19H22N2O3S. The molecule has 0 unspecified atom stereocenters. The second-order valence-electron chi connectivity index (χ2n) is 6.34. The first-order valence-electron chi connectivity index (χ1n) is 8.43. The van der Waals surface area contributed by atoms with Crippen molar-refractivity contribution in [2.24, 2.45) is 0 Å². The van der Waals surface area contributed by atoms with Crippen molar-refractivity contribution >= 4 is 21.6 Å². The van der Waals surface area contributed by atoms with Crippen molar-refractivity contribution in [1.82, 2.24) is 5.32 Å². The highest BCUT2D eigenvalue weighted by Crippen LogP contribution is 2.25. The molecule has 2 aromatic rings. The third-order valence-electron chi connectivity index (χ3n) is 4.32. The largest absolute Gasteiger partial charge is 0.349 e. The van der Waals surface area contributed by atoms with E-state index in [-0.39, 0.29) is 16.8 Å². The van der Waals surface area contributed by atoms with Gasteiger partial charge in [-0.05, 0) is 61.6 Å². The summed E-state index contributed by atoms with van der Waals surface area (Å²) in [6.07, 6.45) is 2.76. The van der Waals surface area contributed by atoms with Crippen LogP contribution in [0.1, 0.15) is 41.3 Å². The van der Waals surface area contributed by atoms with Crippen LogP contribution in [-0.4, -0.2) is 20.4 Å². The Hall–Kier alpha value is -2.34. The molecule has 0 spiro atoms. The number of rotatable bonds is 6. The molecule has 2 aromatic carbocycles. The predicted octanol–water partition coefficient (Wildman–Crippen LogP) is 3.25. The maximum absolute atomic E-state index is 12.7. The minimum atomic E-state index is -3.70. The van der Waals surface area contributed by atoms with E-state index in [0.29, 0.717) is 11.3 Å². The fourth-order valence-electron chi connectivity index (χ4n) is 2.64. The third-order valence-corrected chi connectivity index (χ3v) is 5.68. The van der Waals surface area contributed by atoms with Crippen molar-refractivity contribution in [3.63, 3.8) is 0 Å². The molecule has 0 aliphatic heterocycles. The van der Waals surface area contributed by atoms with Crippen LogP contribution in [0.4, 0.5) is 5.69 Å². The first-order chi connectivity index (χ1) is 11.9. The van der Waals surface area contributed by atoms with E-state index in [9.17, 15) is 13.2 Å². The Morgan fingerprint density at radius 1 is 1.12 bits per heavy atom. The number of nitrogens with one attached hydrogen (secondary N) is 2. The van der Waals surface area contributed by atoms with Gasteiger partial charge >= 0.3 is 0 Å². The normalized spacial score (nSPS) is 14.2. The van der Waals surface area contributed by atoms with Gasteiger partial charge in [-0.1, -0.05) is 25.1 Å². The van der Waals surface area contributed by atoms with Gasteiger partial charge in [-0.3, -0.25) is 9.52 Å². The summed E-state index contributed by atoms with van der Waals surface area (Å²) < 4.78 is 28.0. The van der Waals surface area contributed by atoms with Gasteiger partial charge in [0.15, 0.2) is 0 Å². The summed E-state index contributed by atoms with van der Waals surface area (Å²) in [5.74, 6) is -0.161. The summed E-state index contributed by atoms with van der Waals surface area (Å²) in [7, 11) is -3.70. The molecule has 0 radical (unpaired) electrons. The highest BCUT2D eigenvalue weighted by Gasteiger charge is 2.24. The first-order valence-corrected chi connectivity index (χ1v) is 9.91. The number of para-hydroxylation sites is 1. The standard InChI is InChI=1S/C19H22N2O3S/c1-3-14-6-4-5-13(2)18(14)21-25(23,24)17-11-7-15(8-12-17)19(22)20-16-9-10-16/h4-8,11-12,16,21H,3,9-10H2,1-2H3,(H,20,22). The van der Waals surface area contributed by atoms with Crippen LogP contribution < -0.4 is 10.0 Å². The maximum Gasteiger partial charge on any atom is 0.261 e. The van der Waals surface area contributed by atoms with Crippen LogP contribution in [0, 0.1) is 6.92 Å². The maximum atomic E-state index is 12.7. The van der Waals surface area contributed by atoms with E-state index in [2.05, 4.69) is 10.0 Å². The summed E-state index contributed by atoms with van der Waals surface area (Å²) in [5.41, 5.74) is 2.92. The lowest BCUT2D eigenvalue weighted by Gasteiger charge is -2.14. The minimum Gasteiger partial charge on any atom is -0.349 e. The fourth-order valence-corrected chi connectivity index (χ4v) is 3.82. The van der Waals surface area contributed by atoms with Gasteiger partial charge in [0.05, 0.1) is 10.6 Å². The van der Waals surface area contributed by atoms with Crippen molar-refractivity contribution in [1.29, 1.82) is 0 Å². The lowest BCUT2D eigenvalue weighted by atomic mass is 10.1. The van der Waals surface area contributed by atoms with E-state index in [0.717, 1.165) is 30.4 Å². The van der Waals surface area contributed by atoms with Gasteiger partial charge in [0.25, 0.3) is 15.9 Å². The summed E-state index contributed by atoms with van der Waals surface area (Å²) in [5, 5.41) is 2.89. The molecule has 3 rings (SSSR count). The van der Waals surface area contributed by atoms with Crippen molar-refractivity contribution < 1.29 is 13.2 Å². The molecule has 0 bridgehead atoms. The van der Waals surface area contributed by atoms with Crippen LogP contribution >= 0.6 is 0 Å². The molecule has 132 valence electrons. The van der Waals surface area contributed by atoms with Gasteiger partial charge in [-0.25, -0.2) is 8.42 Å². The van der Waals surface area contributed by atoms with E-state index in [1.807, 2.05) is 32.0 Å². The third kappa shape index (κ3) is 4.02. The highest BCUT2D eigenvalue weighted by molar-refractivity contribution is 7.92. The summed E-state index contributed by atoms with van der Waals surface area (Å²) in [6, 6.07) is 12.0. The highest BCUT2D eigenvalue weighted by atomic mass is 32.2. The van der Waals surface area contributed by atoms with E-state index >= 15 is 0 Å². The summed E-state index contributed by atoms with van der Waals surface area (Å²) >= 11 is 0. The van der Waals surface area contributed by atoms with Gasteiger partial charge in [0.2, 0.25) is 0 Å². The Kier molecular flexibility index (Phi) is 4.81. The monoisotopic (exact) mass is 358 g/mol. The van der Waals surface area contributed by atoms with Crippen LogP contribution in [0.2, 0.25) is 0 Å². The lowest BCUT2D eigenvalue weighted by molar-refractivity contribution is 0.0951. The molecular weight excluding hydrogens is 336 g/mol. The zero-order valence-corrected chi connectivity index (χ0v) is 15.2. The van der Waals surface area contributed by atoms with Gasteiger partial charge in [-0.15, -0.1) is 0 Å². The molecule has 25 heavy (non-hydrogen) atoms. The Labute approximate surface area is 148 Å². The number of anilines is 1. The van der Waals surface area contributed by atoms with Crippen molar-refractivity contribution in [3.8, 4) is 0 Å². The molecule has 1 aliphatic carbocycles. The number of hydrogen-bond donors (Lipinski definition) is 2. The molecule has 1 saturated carbocycles. The average molecular weight is 358 g/mol. The molecule has 0 atom stereocenters. The Balaban J connectivity index is 1.81. The van der Waals surface area contributed by atoms with Gasteiger partial charge in [0.1, 0.15) is 0 Å². The second-order valence-corrected chi connectivity index (χ2v) is 8.02. The molecule has 0 heterocycles. The van der Waals surface area contributed by atoms with Crippen molar-refractivity contribution in [2.45, 2.75) is 44.0 Å². The lowest BCUT2D eigenvalue weighted by Crippen LogP contribution is -2.25. The molecule has 5 nitrogen and oxygen atoms in total. The molecule has 1 aliphatic rings. The minimum absolute atomic E-state index is 0.140. The van der Waals surface area contributed by atoms with Crippen LogP contribution in [0.5, 0.6) is 0 Å². The number of hydrogen-bond acceptors (Lipinski definition) is 3. The molecule has 1 amide bonds. The molecule has 1 fully saturated rings. The Morgan fingerprint density at radius 3 is 2.40 bits per heavy atom. The zero-order chi connectivity index (χ0) is 18.0. The SMILES string of the molecule is CCc1cccc(C)c1NS(=O)(=O)c1ccc(C(=O)NC2CC2)cc1. The van der Waals surface area contributed by atoms with Crippen LogP contribution in [0.15, 0.2) is 47.4 Å². The Morgan fingerprint density at radius 2 is 1.80 bits per heavy atom. The summed E-state index contributed by atoms with van der Waals surface area (Å²) in [4.78, 5) is 12.1. The van der Waals surface area contributed by atoms with E-state index in [1.54, 1.807) is 12.1 Å². The predicted molar refractivity (Wildman–Crippen MR) is 98.3 cm³/mol. The average Bonchev–Trinajstić information content (AvgIpc) is 3.40. The van der Waals surface area contributed by atoms with Gasteiger partial charge in [0, 0.05) is 11.6 Å². The van der Waals surface area contributed by atoms with Crippen LogP contribution in [-0.2, 0) is 16.4 Å². The van der Waals surface area contributed by atoms with Crippen molar-refractivity contribution in [3.05, 3.63) is 59.2 Å².